The standard InChI is InChI=1S/C26H24N6O3/c33-25(21-11-10-18-6-4-5-9-20(18)27-21)30-12-14-31(15-13-30)26(34)24-22-17-35-23(16-32(22)29-28-24)19-7-2-1-3-8-19/h1-11,23H,12-17H2/t23-/m0/s1. The van der Waals surface area contributed by atoms with Crippen LogP contribution < -0.4 is 0 Å². The van der Waals surface area contributed by atoms with Gasteiger partial charge in [0.05, 0.1) is 24.4 Å². The number of ether oxygens (including phenoxy) is 1. The topological polar surface area (TPSA) is 93.5 Å². The summed E-state index contributed by atoms with van der Waals surface area (Å²) in [6.45, 7) is 2.53. The van der Waals surface area contributed by atoms with Crippen LogP contribution in [0.5, 0.6) is 0 Å². The van der Waals surface area contributed by atoms with Crippen LogP contribution >= 0.6 is 0 Å². The fourth-order valence-electron chi connectivity index (χ4n) is 4.66. The number of benzene rings is 2. The minimum atomic E-state index is -0.177. The van der Waals surface area contributed by atoms with Gasteiger partial charge < -0.3 is 14.5 Å². The first-order valence-electron chi connectivity index (χ1n) is 11.7. The van der Waals surface area contributed by atoms with E-state index in [4.69, 9.17) is 4.74 Å². The minimum Gasteiger partial charge on any atom is -0.365 e. The Kier molecular flexibility index (Phi) is 5.46. The van der Waals surface area contributed by atoms with Gasteiger partial charge in [-0.2, -0.15) is 0 Å². The van der Waals surface area contributed by atoms with E-state index in [0.717, 1.165) is 16.5 Å². The highest BCUT2D eigenvalue weighted by atomic mass is 16.5. The number of para-hydroxylation sites is 1. The molecule has 0 saturated carbocycles. The summed E-state index contributed by atoms with van der Waals surface area (Å²) < 4.78 is 7.79. The summed E-state index contributed by atoms with van der Waals surface area (Å²) in [7, 11) is 0. The van der Waals surface area contributed by atoms with Crippen LogP contribution in [0.4, 0.5) is 0 Å². The van der Waals surface area contributed by atoms with Crippen molar-refractivity contribution in [3.05, 3.63) is 89.4 Å². The van der Waals surface area contributed by atoms with Gasteiger partial charge in [-0.05, 0) is 17.7 Å². The molecule has 4 heterocycles. The van der Waals surface area contributed by atoms with Crippen molar-refractivity contribution in [3.63, 3.8) is 0 Å². The molecule has 9 nitrogen and oxygen atoms in total. The predicted molar refractivity (Wildman–Crippen MR) is 128 cm³/mol. The van der Waals surface area contributed by atoms with Crippen LogP contribution in [0, 0.1) is 0 Å². The van der Waals surface area contributed by atoms with Gasteiger partial charge in [-0.1, -0.05) is 59.8 Å². The first-order chi connectivity index (χ1) is 17.2. The van der Waals surface area contributed by atoms with Crippen LogP contribution in [0.1, 0.15) is 38.3 Å². The van der Waals surface area contributed by atoms with E-state index in [9.17, 15) is 9.59 Å². The second kappa shape index (κ2) is 8.92. The van der Waals surface area contributed by atoms with Crippen molar-refractivity contribution in [1.82, 2.24) is 29.8 Å². The lowest BCUT2D eigenvalue weighted by atomic mass is 10.1. The average molecular weight is 469 g/mol. The molecule has 0 N–H and O–H groups in total. The zero-order chi connectivity index (χ0) is 23.8. The van der Waals surface area contributed by atoms with Crippen LogP contribution in [-0.4, -0.2) is 67.8 Å². The van der Waals surface area contributed by atoms with Crippen LogP contribution in [0.3, 0.4) is 0 Å². The lowest BCUT2D eigenvalue weighted by molar-refractivity contribution is -0.00202. The molecule has 0 bridgehead atoms. The molecule has 0 unspecified atom stereocenters. The Morgan fingerprint density at radius 2 is 1.54 bits per heavy atom. The molecular weight excluding hydrogens is 444 g/mol. The van der Waals surface area contributed by atoms with Crippen molar-refractivity contribution >= 4 is 22.7 Å². The number of aromatic nitrogens is 4. The molecule has 4 aromatic rings. The normalized spacial score (nSPS) is 17.9. The molecule has 1 saturated heterocycles. The summed E-state index contributed by atoms with van der Waals surface area (Å²) in [6, 6.07) is 21.4. The number of hydrogen-bond donors (Lipinski definition) is 0. The largest absolute Gasteiger partial charge is 0.365 e. The summed E-state index contributed by atoms with van der Waals surface area (Å²) in [5.41, 5.74) is 3.30. The van der Waals surface area contributed by atoms with E-state index in [2.05, 4.69) is 15.3 Å². The first-order valence-corrected chi connectivity index (χ1v) is 11.7. The Morgan fingerprint density at radius 1 is 0.829 bits per heavy atom. The quantitative estimate of drug-likeness (QED) is 0.459. The SMILES string of the molecule is O=C(c1ccc2ccccc2n1)N1CCN(C(=O)c2nnn3c2CO[C@H](c2ccccc2)C3)CC1. The molecule has 0 spiro atoms. The number of pyridine rings is 1. The van der Waals surface area contributed by atoms with Crippen LogP contribution in [0.15, 0.2) is 66.7 Å². The second-order valence-corrected chi connectivity index (χ2v) is 8.75. The van der Waals surface area contributed by atoms with E-state index in [-0.39, 0.29) is 24.5 Å². The second-order valence-electron chi connectivity index (χ2n) is 8.75. The van der Waals surface area contributed by atoms with Crippen LogP contribution in [0.25, 0.3) is 10.9 Å². The van der Waals surface area contributed by atoms with Gasteiger partial charge in [-0.3, -0.25) is 9.59 Å². The molecule has 35 heavy (non-hydrogen) atoms. The molecular formula is C26H24N6O3. The van der Waals surface area contributed by atoms with Crippen molar-refractivity contribution in [2.24, 2.45) is 0 Å². The molecule has 176 valence electrons. The minimum absolute atomic E-state index is 0.119. The Balaban J connectivity index is 1.11. The number of nitrogens with zero attached hydrogens (tertiary/aromatic N) is 6. The van der Waals surface area contributed by atoms with Gasteiger partial charge in [0.1, 0.15) is 11.8 Å². The maximum atomic E-state index is 13.2. The lowest BCUT2D eigenvalue weighted by Gasteiger charge is -2.34. The maximum absolute atomic E-state index is 13.2. The molecule has 2 aliphatic heterocycles. The molecule has 2 amide bonds. The van der Waals surface area contributed by atoms with E-state index in [1.807, 2.05) is 60.7 Å². The third kappa shape index (κ3) is 4.04. The van der Waals surface area contributed by atoms with E-state index in [1.165, 1.54) is 0 Å². The van der Waals surface area contributed by atoms with Gasteiger partial charge in [0, 0.05) is 31.6 Å². The first kappa shape index (κ1) is 21.4. The Labute approximate surface area is 201 Å². The maximum Gasteiger partial charge on any atom is 0.276 e. The summed E-state index contributed by atoms with van der Waals surface area (Å²) in [6.07, 6.45) is -0.119. The Bertz CT molecular complexity index is 1390. The molecule has 0 aliphatic carbocycles. The van der Waals surface area contributed by atoms with Gasteiger partial charge >= 0.3 is 0 Å². The van der Waals surface area contributed by atoms with Crippen molar-refractivity contribution < 1.29 is 14.3 Å². The van der Waals surface area contributed by atoms with Gasteiger partial charge in [-0.25, -0.2) is 9.67 Å². The molecule has 0 radical (unpaired) electrons. The molecule has 9 heteroatoms. The zero-order valence-corrected chi connectivity index (χ0v) is 19.1. The van der Waals surface area contributed by atoms with Gasteiger partial charge in [0.15, 0.2) is 5.69 Å². The number of piperazine rings is 1. The van der Waals surface area contributed by atoms with Gasteiger partial charge in [0.2, 0.25) is 0 Å². The fraction of sp³-hybridized carbons (Fsp3) is 0.269. The van der Waals surface area contributed by atoms with E-state index >= 15 is 0 Å². The molecule has 6 rings (SSSR count). The van der Waals surface area contributed by atoms with Gasteiger partial charge in [0.25, 0.3) is 11.8 Å². The molecule has 2 aliphatic rings. The Hall–Kier alpha value is -4.11. The monoisotopic (exact) mass is 468 g/mol. The van der Waals surface area contributed by atoms with Crippen LogP contribution in [0.2, 0.25) is 0 Å². The average Bonchev–Trinajstić information content (AvgIpc) is 3.36. The highest BCUT2D eigenvalue weighted by Gasteiger charge is 2.32. The van der Waals surface area contributed by atoms with Crippen molar-refractivity contribution in [2.75, 3.05) is 26.2 Å². The van der Waals surface area contributed by atoms with E-state index < -0.39 is 0 Å². The molecule has 1 fully saturated rings. The Morgan fingerprint density at radius 3 is 2.34 bits per heavy atom. The molecule has 2 aromatic carbocycles. The highest BCUT2D eigenvalue weighted by molar-refractivity contribution is 5.96. The summed E-state index contributed by atoms with van der Waals surface area (Å²) in [5, 5.41) is 9.40. The number of carbonyl (C=O) groups is 2. The number of rotatable bonds is 3. The number of hydrogen-bond acceptors (Lipinski definition) is 6. The summed E-state index contributed by atoms with van der Waals surface area (Å²) >= 11 is 0. The zero-order valence-electron chi connectivity index (χ0n) is 19.1. The lowest BCUT2D eigenvalue weighted by Crippen LogP contribution is -2.51. The molecule has 2 aromatic heterocycles. The summed E-state index contributed by atoms with van der Waals surface area (Å²) in [5.74, 6) is -0.298. The summed E-state index contributed by atoms with van der Waals surface area (Å²) in [4.78, 5) is 34.2. The van der Waals surface area contributed by atoms with Crippen molar-refractivity contribution in [3.8, 4) is 0 Å². The third-order valence-electron chi connectivity index (χ3n) is 6.64. The smallest absolute Gasteiger partial charge is 0.276 e. The van der Waals surface area contributed by atoms with Gasteiger partial charge in [-0.15, -0.1) is 5.10 Å². The van der Waals surface area contributed by atoms with Crippen molar-refractivity contribution in [2.45, 2.75) is 19.3 Å². The third-order valence-corrected chi connectivity index (χ3v) is 6.64. The van der Waals surface area contributed by atoms with E-state index in [0.29, 0.717) is 49.8 Å². The predicted octanol–water partition coefficient (Wildman–Crippen LogP) is 2.70. The highest BCUT2D eigenvalue weighted by Crippen LogP contribution is 2.27. The molecule has 1 atom stereocenters. The number of amides is 2. The number of fused-ring (bicyclic) bond motifs is 2. The fourth-order valence-corrected chi connectivity index (χ4v) is 4.66. The van der Waals surface area contributed by atoms with Crippen molar-refractivity contribution in [1.29, 1.82) is 0 Å². The number of carbonyl (C=O) groups excluding carboxylic acids is 2. The van der Waals surface area contributed by atoms with E-state index in [1.54, 1.807) is 20.5 Å². The van der Waals surface area contributed by atoms with Crippen LogP contribution in [-0.2, 0) is 17.9 Å².